The van der Waals surface area contributed by atoms with Gasteiger partial charge in [0.25, 0.3) is 0 Å². The maximum Gasteiger partial charge on any atom is 0.228 e. The molecule has 0 atom stereocenters. The van der Waals surface area contributed by atoms with Crippen molar-refractivity contribution >= 4 is 34.7 Å². The Balaban J connectivity index is 2.28. The summed E-state index contributed by atoms with van der Waals surface area (Å²) in [4.78, 5) is 16.0. The zero-order valence-corrected chi connectivity index (χ0v) is 12.5. The Labute approximate surface area is 122 Å². The predicted octanol–water partition coefficient (Wildman–Crippen LogP) is 4.03. The first kappa shape index (κ1) is 13.1. The van der Waals surface area contributed by atoms with Crippen molar-refractivity contribution < 1.29 is 4.79 Å². The summed E-state index contributed by atoms with van der Waals surface area (Å²) in [5.74, 6) is -0.0211. The molecule has 0 spiro atoms. The van der Waals surface area contributed by atoms with Gasteiger partial charge >= 0.3 is 0 Å². The third-order valence-corrected chi connectivity index (χ3v) is 4.44. The summed E-state index contributed by atoms with van der Waals surface area (Å²) in [5.41, 5.74) is 10.8. The van der Waals surface area contributed by atoms with E-state index in [4.69, 9.17) is 5.73 Å². The topological polar surface area (TPSA) is 46.3 Å². The molecule has 0 saturated carbocycles. The van der Waals surface area contributed by atoms with Crippen LogP contribution in [0.15, 0.2) is 40.1 Å². The molecule has 4 heteroatoms. The Morgan fingerprint density at radius 2 is 1.80 bits per heavy atom. The lowest BCUT2D eigenvalue weighted by atomic mass is 10.1. The van der Waals surface area contributed by atoms with Crippen LogP contribution < -0.4 is 10.6 Å². The number of rotatable bonds is 0. The van der Waals surface area contributed by atoms with E-state index in [0.717, 1.165) is 26.7 Å². The molecule has 0 saturated heterocycles. The van der Waals surface area contributed by atoms with Crippen LogP contribution in [-0.4, -0.2) is 5.91 Å². The number of nitrogens with zero attached hydrogens (tertiary/aromatic N) is 1. The second kappa shape index (κ2) is 4.56. The van der Waals surface area contributed by atoms with Gasteiger partial charge < -0.3 is 5.73 Å². The van der Waals surface area contributed by atoms with Crippen molar-refractivity contribution in [2.45, 2.75) is 30.6 Å². The average Bonchev–Trinajstić information content (AvgIpc) is 2.35. The van der Waals surface area contributed by atoms with E-state index in [1.807, 2.05) is 25.1 Å². The van der Waals surface area contributed by atoms with Gasteiger partial charge in [0.15, 0.2) is 0 Å². The number of carbonyl (C=O) groups excluding carboxylic acids is 1. The quantitative estimate of drug-likeness (QED) is 0.743. The number of fused-ring (bicyclic) bond motifs is 2. The first-order valence-corrected chi connectivity index (χ1v) is 7.28. The minimum absolute atomic E-state index is 0.0211. The highest BCUT2D eigenvalue weighted by atomic mass is 32.2. The fraction of sp³-hybridized carbons (Fsp3) is 0.188. The Morgan fingerprint density at radius 3 is 2.50 bits per heavy atom. The van der Waals surface area contributed by atoms with Gasteiger partial charge in [0.2, 0.25) is 5.91 Å². The van der Waals surface area contributed by atoms with Crippen LogP contribution in [0.4, 0.5) is 17.1 Å². The van der Waals surface area contributed by atoms with Crippen molar-refractivity contribution in [3.05, 3.63) is 41.5 Å². The number of hydrogen-bond donors (Lipinski definition) is 1. The van der Waals surface area contributed by atoms with Crippen LogP contribution in [0, 0.1) is 13.8 Å². The number of benzene rings is 2. The standard InChI is InChI=1S/C16H16N2OS/c1-9-4-5-13-14(7-9)20-15-8-10(2)6-12(17)16(15)18(13)11(3)19/h4-8H,17H2,1-3H3. The second-order valence-electron chi connectivity index (χ2n) is 5.13. The zero-order chi connectivity index (χ0) is 14.4. The Morgan fingerprint density at radius 1 is 1.10 bits per heavy atom. The van der Waals surface area contributed by atoms with Crippen molar-refractivity contribution in [3.63, 3.8) is 0 Å². The number of carbonyl (C=O) groups is 1. The summed E-state index contributed by atoms with van der Waals surface area (Å²) in [6.45, 7) is 5.64. The van der Waals surface area contributed by atoms with E-state index >= 15 is 0 Å². The lowest BCUT2D eigenvalue weighted by Crippen LogP contribution is -2.26. The van der Waals surface area contributed by atoms with Crippen LogP contribution in [0.2, 0.25) is 0 Å². The fourth-order valence-corrected chi connectivity index (χ4v) is 3.84. The van der Waals surface area contributed by atoms with Crippen LogP contribution >= 0.6 is 11.8 Å². The van der Waals surface area contributed by atoms with Crippen molar-refractivity contribution in [2.75, 3.05) is 10.6 Å². The third-order valence-electron chi connectivity index (χ3n) is 3.36. The van der Waals surface area contributed by atoms with E-state index in [1.165, 1.54) is 5.56 Å². The molecule has 0 bridgehead atoms. The molecule has 0 fully saturated rings. The number of aryl methyl sites for hydroxylation is 2. The molecule has 20 heavy (non-hydrogen) atoms. The molecule has 2 aromatic rings. The molecule has 0 aromatic heterocycles. The summed E-state index contributed by atoms with van der Waals surface area (Å²) < 4.78 is 0. The summed E-state index contributed by atoms with van der Waals surface area (Å²) >= 11 is 1.67. The van der Waals surface area contributed by atoms with E-state index in [2.05, 4.69) is 19.1 Å². The highest BCUT2D eigenvalue weighted by Gasteiger charge is 2.28. The highest BCUT2D eigenvalue weighted by molar-refractivity contribution is 7.99. The summed E-state index contributed by atoms with van der Waals surface area (Å²) in [6, 6.07) is 10.1. The van der Waals surface area contributed by atoms with E-state index in [0.29, 0.717) is 5.69 Å². The van der Waals surface area contributed by atoms with Gasteiger partial charge in [-0.3, -0.25) is 9.69 Å². The minimum Gasteiger partial charge on any atom is -0.397 e. The number of amides is 1. The van der Waals surface area contributed by atoms with Crippen LogP contribution in [0.5, 0.6) is 0 Å². The first-order chi connectivity index (χ1) is 9.47. The molecule has 2 aromatic carbocycles. The lowest BCUT2D eigenvalue weighted by molar-refractivity contribution is -0.115. The molecule has 3 nitrogen and oxygen atoms in total. The molecule has 1 amide bonds. The Kier molecular flexibility index (Phi) is 2.98. The highest BCUT2D eigenvalue weighted by Crippen LogP contribution is 2.51. The van der Waals surface area contributed by atoms with E-state index in [1.54, 1.807) is 23.6 Å². The second-order valence-corrected chi connectivity index (χ2v) is 6.21. The maximum absolute atomic E-state index is 12.1. The normalized spacial score (nSPS) is 12.8. The smallest absolute Gasteiger partial charge is 0.228 e. The van der Waals surface area contributed by atoms with Gasteiger partial charge in [-0.25, -0.2) is 0 Å². The largest absolute Gasteiger partial charge is 0.397 e. The van der Waals surface area contributed by atoms with Gasteiger partial charge in [-0.2, -0.15) is 0 Å². The molecule has 1 aliphatic rings. The third kappa shape index (κ3) is 1.96. The van der Waals surface area contributed by atoms with Crippen LogP contribution in [0.25, 0.3) is 0 Å². The monoisotopic (exact) mass is 284 g/mol. The molecule has 1 aliphatic heterocycles. The van der Waals surface area contributed by atoms with E-state index in [-0.39, 0.29) is 5.91 Å². The Bertz CT molecular complexity index is 725. The van der Waals surface area contributed by atoms with Gasteiger partial charge in [-0.05, 0) is 49.2 Å². The average molecular weight is 284 g/mol. The van der Waals surface area contributed by atoms with Crippen molar-refractivity contribution in [1.82, 2.24) is 0 Å². The summed E-state index contributed by atoms with van der Waals surface area (Å²) in [5, 5.41) is 0. The van der Waals surface area contributed by atoms with Crippen LogP contribution in [0.3, 0.4) is 0 Å². The molecule has 0 radical (unpaired) electrons. The molecule has 0 unspecified atom stereocenters. The van der Waals surface area contributed by atoms with Gasteiger partial charge in [0, 0.05) is 16.7 Å². The van der Waals surface area contributed by atoms with Crippen LogP contribution in [-0.2, 0) is 4.79 Å². The predicted molar refractivity (Wildman–Crippen MR) is 83.7 cm³/mol. The van der Waals surface area contributed by atoms with Crippen LogP contribution in [0.1, 0.15) is 18.1 Å². The zero-order valence-electron chi connectivity index (χ0n) is 11.7. The van der Waals surface area contributed by atoms with E-state index < -0.39 is 0 Å². The van der Waals surface area contributed by atoms with Crippen molar-refractivity contribution in [1.29, 1.82) is 0 Å². The van der Waals surface area contributed by atoms with Gasteiger partial charge in [0.1, 0.15) is 0 Å². The molecule has 2 N–H and O–H groups in total. The minimum atomic E-state index is -0.0211. The van der Waals surface area contributed by atoms with E-state index in [9.17, 15) is 4.79 Å². The first-order valence-electron chi connectivity index (χ1n) is 6.46. The molecule has 0 aliphatic carbocycles. The number of nitrogens with two attached hydrogens (primary N) is 1. The van der Waals surface area contributed by atoms with Crippen molar-refractivity contribution in [2.24, 2.45) is 0 Å². The number of hydrogen-bond acceptors (Lipinski definition) is 3. The van der Waals surface area contributed by atoms with Gasteiger partial charge in [-0.15, -0.1) is 0 Å². The molecular weight excluding hydrogens is 268 g/mol. The number of nitrogen functional groups attached to an aromatic ring is 1. The maximum atomic E-state index is 12.1. The molecular formula is C16H16N2OS. The lowest BCUT2D eigenvalue weighted by Gasteiger charge is -2.31. The summed E-state index contributed by atoms with van der Waals surface area (Å²) in [7, 11) is 0. The summed E-state index contributed by atoms with van der Waals surface area (Å²) in [6.07, 6.45) is 0. The van der Waals surface area contributed by atoms with Crippen molar-refractivity contribution in [3.8, 4) is 0 Å². The Hall–Kier alpha value is -1.94. The molecule has 1 heterocycles. The SMILES string of the molecule is CC(=O)N1c2ccc(C)cc2Sc2cc(C)cc(N)c21. The number of anilines is 3. The molecule has 3 rings (SSSR count). The van der Waals surface area contributed by atoms with Gasteiger partial charge in [0.05, 0.1) is 17.1 Å². The van der Waals surface area contributed by atoms with Gasteiger partial charge in [-0.1, -0.05) is 17.8 Å². The molecule has 102 valence electrons. The fourth-order valence-electron chi connectivity index (χ4n) is 2.54.